The van der Waals surface area contributed by atoms with Gasteiger partial charge in [-0.25, -0.2) is 0 Å². The van der Waals surface area contributed by atoms with E-state index in [1.165, 1.54) is 6.07 Å². The molecule has 0 saturated heterocycles. The topological polar surface area (TPSA) is 21.3 Å². The summed E-state index contributed by atoms with van der Waals surface area (Å²) in [4.78, 5) is 0. The van der Waals surface area contributed by atoms with Gasteiger partial charge in [-0.2, -0.15) is 13.2 Å². The van der Waals surface area contributed by atoms with Crippen molar-refractivity contribution in [1.82, 2.24) is 0 Å². The predicted molar refractivity (Wildman–Crippen MR) is 64.1 cm³/mol. The summed E-state index contributed by atoms with van der Waals surface area (Å²) in [6, 6.07) is 3.53. The summed E-state index contributed by atoms with van der Waals surface area (Å²) in [6.07, 6.45) is -4.32. The number of methoxy groups -OCH3 is 1. The third-order valence-electron chi connectivity index (χ3n) is 2.11. The van der Waals surface area contributed by atoms with E-state index >= 15 is 0 Å². The first-order chi connectivity index (χ1) is 7.84. The summed E-state index contributed by atoms with van der Waals surface area (Å²) >= 11 is 3.12. The lowest BCUT2D eigenvalue weighted by atomic mass is 10.2. The van der Waals surface area contributed by atoms with Crippen molar-refractivity contribution in [2.24, 2.45) is 0 Å². The second kappa shape index (κ2) is 5.73. The van der Waals surface area contributed by atoms with E-state index in [4.69, 9.17) is 4.74 Å². The molecule has 1 aromatic carbocycles. The van der Waals surface area contributed by atoms with Crippen LogP contribution >= 0.6 is 15.9 Å². The van der Waals surface area contributed by atoms with Crippen LogP contribution in [0, 0.1) is 0 Å². The molecule has 0 aliphatic rings. The fraction of sp³-hybridized carbons (Fsp3) is 0.455. The number of halogens is 4. The molecule has 6 heteroatoms. The summed E-state index contributed by atoms with van der Waals surface area (Å²) in [7, 11) is 1.57. The van der Waals surface area contributed by atoms with E-state index in [9.17, 15) is 13.2 Å². The van der Waals surface area contributed by atoms with E-state index in [-0.39, 0.29) is 6.04 Å². The van der Waals surface area contributed by atoms with Gasteiger partial charge in [0.1, 0.15) is 0 Å². The lowest BCUT2D eigenvalue weighted by Gasteiger charge is -2.16. The van der Waals surface area contributed by atoms with Crippen LogP contribution in [0.5, 0.6) is 0 Å². The number of anilines is 1. The number of hydrogen-bond donors (Lipinski definition) is 1. The molecule has 1 atom stereocenters. The molecular weight excluding hydrogens is 299 g/mol. The van der Waals surface area contributed by atoms with Crippen LogP contribution in [-0.4, -0.2) is 19.8 Å². The number of hydrogen-bond acceptors (Lipinski definition) is 2. The zero-order valence-electron chi connectivity index (χ0n) is 9.44. The molecule has 96 valence electrons. The minimum absolute atomic E-state index is 0.0213. The first kappa shape index (κ1) is 14.3. The van der Waals surface area contributed by atoms with Crippen LogP contribution in [0.3, 0.4) is 0 Å². The monoisotopic (exact) mass is 311 g/mol. The lowest BCUT2D eigenvalue weighted by molar-refractivity contribution is -0.137. The Morgan fingerprint density at radius 1 is 1.41 bits per heavy atom. The second-order valence-corrected chi connectivity index (χ2v) is 4.55. The van der Waals surface area contributed by atoms with Gasteiger partial charge in [-0.3, -0.25) is 0 Å². The normalized spacial score (nSPS) is 13.5. The van der Waals surface area contributed by atoms with E-state index in [0.29, 0.717) is 16.8 Å². The van der Waals surface area contributed by atoms with Gasteiger partial charge >= 0.3 is 6.18 Å². The average molecular weight is 312 g/mol. The highest BCUT2D eigenvalue weighted by Gasteiger charge is 2.30. The van der Waals surface area contributed by atoms with Crippen molar-refractivity contribution < 1.29 is 17.9 Å². The van der Waals surface area contributed by atoms with Crippen molar-refractivity contribution in [2.45, 2.75) is 19.1 Å². The fourth-order valence-electron chi connectivity index (χ4n) is 1.37. The van der Waals surface area contributed by atoms with Gasteiger partial charge in [0.25, 0.3) is 0 Å². The van der Waals surface area contributed by atoms with Crippen molar-refractivity contribution in [3.63, 3.8) is 0 Å². The van der Waals surface area contributed by atoms with Gasteiger partial charge in [0.15, 0.2) is 0 Å². The standard InChI is InChI=1S/C11H13BrF3NO/c1-7(6-17-2)16-10-4-3-8(5-9(10)12)11(13,14)15/h3-5,7,16H,6H2,1-2H3. The lowest BCUT2D eigenvalue weighted by Crippen LogP contribution is -2.21. The van der Waals surface area contributed by atoms with Crippen LogP contribution < -0.4 is 5.32 Å². The summed E-state index contributed by atoms with van der Waals surface area (Å²) in [6.45, 7) is 2.36. The van der Waals surface area contributed by atoms with Gasteiger partial charge < -0.3 is 10.1 Å². The van der Waals surface area contributed by atoms with Gasteiger partial charge in [0, 0.05) is 23.3 Å². The Bertz CT molecular complexity index is 381. The molecule has 0 bridgehead atoms. The molecule has 0 fully saturated rings. The molecule has 0 heterocycles. The summed E-state index contributed by atoms with van der Waals surface area (Å²) < 4.78 is 42.6. The van der Waals surface area contributed by atoms with Crippen molar-refractivity contribution in [3.8, 4) is 0 Å². The van der Waals surface area contributed by atoms with Crippen LogP contribution in [0.1, 0.15) is 12.5 Å². The fourth-order valence-corrected chi connectivity index (χ4v) is 1.86. The third kappa shape index (κ3) is 4.20. The van der Waals surface area contributed by atoms with Crippen molar-refractivity contribution in [2.75, 3.05) is 19.0 Å². The Morgan fingerprint density at radius 3 is 2.53 bits per heavy atom. The van der Waals surface area contributed by atoms with Gasteiger partial charge in [0.2, 0.25) is 0 Å². The third-order valence-corrected chi connectivity index (χ3v) is 2.77. The molecule has 0 radical (unpaired) electrons. The molecule has 1 rings (SSSR count). The summed E-state index contributed by atoms with van der Waals surface area (Å²) in [5, 5.41) is 3.05. The number of alkyl halides is 3. The highest BCUT2D eigenvalue weighted by atomic mass is 79.9. The first-order valence-electron chi connectivity index (χ1n) is 4.97. The van der Waals surface area contributed by atoms with E-state index in [1.807, 2.05) is 6.92 Å². The number of benzene rings is 1. The first-order valence-corrected chi connectivity index (χ1v) is 5.76. The Hall–Kier alpha value is -0.750. The Kier molecular flexibility index (Phi) is 4.82. The van der Waals surface area contributed by atoms with Crippen molar-refractivity contribution in [3.05, 3.63) is 28.2 Å². The molecule has 2 nitrogen and oxygen atoms in total. The van der Waals surface area contributed by atoms with Gasteiger partial charge in [-0.05, 0) is 41.1 Å². The number of rotatable bonds is 4. The smallest absolute Gasteiger partial charge is 0.383 e. The quantitative estimate of drug-likeness (QED) is 0.910. The molecule has 0 aliphatic heterocycles. The highest BCUT2D eigenvalue weighted by Crippen LogP contribution is 2.34. The van der Waals surface area contributed by atoms with E-state index in [0.717, 1.165) is 12.1 Å². The maximum atomic E-state index is 12.4. The molecule has 1 unspecified atom stereocenters. The van der Waals surface area contributed by atoms with Crippen LogP contribution in [0.2, 0.25) is 0 Å². The molecule has 0 saturated carbocycles. The predicted octanol–water partition coefficient (Wildman–Crippen LogP) is 3.91. The molecule has 0 amide bonds. The number of nitrogens with one attached hydrogen (secondary N) is 1. The van der Waals surface area contributed by atoms with Crippen LogP contribution in [0.4, 0.5) is 18.9 Å². The van der Waals surface area contributed by atoms with E-state index in [1.54, 1.807) is 7.11 Å². The highest BCUT2D eigenvalue weighted by molar-refractivity contribution is 9.10. The van der Waals surface area contributed by atoms with Gasteiger partial charge in [0.05, 0.1) is 12.2 Å². The SMILES string of the molecule is COCC(C)Nc1ccc(C(F)(F)F)cc1Br. The number of ether oxygens (including phenoxy) is 1. The molecule has 0 aliphatic carbocycles. The van der Waals surface area contributed by atoms with Crippen molar-refractivity contribution in [1.29, 1.82) is 0 Å². The second-order valence-electron chi connectivity index (χ2n) is 3.69. The van der Waals surface area contributed by atoms with Gasteiger partial charge in [-0.1, -0.05) is 0 Å². The average Bonchev–Trinajstić information content (AvgIpc) is 2.20. The Labute approximate surface area is 106 Å². The Morgan fingerprint density at radius 2 is 2.06 bits per heavy atom. The zero-order valence-corrected chi connectivity index (χ0v) is 11.0. The molecule has 0 spiro atoms. The molecule has 17 heavy (non-hydrogen) atoms. The minimum Gasteiger partial charge on any atom is -0.383 e. The molecule has 0 aromatic heterocycles. The molecular formula is C11H13BrF3NO. The maximum Gasteiger partial charge on any atom is 0.416 e. The van der Waals surface area contributed by atoms with Crippen LogP contribution in [0.25, 0.3) is 0 Å². The summed E-state index contributed by atoms with van der Waals surface area (Å²) in [5.74, 6) is 0. The maximum absolute atomic E-state index is 12.4. The largest absolute Gasteiger partial charge is 0.416 e. The van der Waals surface area contributed by atoms with Crippen LogP contribution in [-0.2, 0) is 10.9 Å². The Balaban J connectivity index is 2.83. The van der Waals surface area contributed by atoms with Crippen LogP contribution in [0.15, 0.2) is 22.7 Å². The molecule has 1 N–H and O–H groups in total. The van der Waals surface area contributed by atoms with Crippen molar-refractivity contribution >= 4 is 21.6 Å². The molecule has 1 aromatic rings. The summed E-state index contributed by atoms with van der Waals surface area (Å²) in [5.41, 5.74) is -0.0585. The van der Waals surface area contributed by atoms with Gasteiger partial charge in [-0.15, -0.1) is 0 Å². The van der Waals surface area contributed by atoms with E-state index in [2.05, 4.69) is 21.2 Å². The minimum atomic E-state index is -4.32. The zero-order chi connectivity index (χ0) is 13.1. The van der Waals surface area contributed by atoms with E-state index < -0.39 is 11.7 Å².